The highest BCUT2D eigenvalue weighted by molar-refractivity contribution is 5.88. The van der Waals surface area contributed by atoms with Crippen LogP contribution < -0.4 is 0 Å². The second-order valence-electron chi connectivity index (χ2n) is 4.52. The number of nitrogens with zero attached hydrogens (tertiary/aromatic N) is 3. The zero-order valence-corrected chi connectivity index (χ0v) is 11.2. The standard InChI is InChI=1S/C12H17F2N3O3/c1-2-19-12(18)9-10(11(13)14)17(16-15-9)7-8-5-3-4-6-20-8/h8,11H,2-7H2,1H3. The minimum Gasteiger partial charge on any atom is -0.461 e. The third kappa shape index (κ3) is 3.30. The smallest absolute Gasteiger partial charge is 0.361 e. The first-order valence-corrected chi connectivity index (χ1v) is 6.63. The number of aromatic nitrogens is 3. The predicted octanol–water partition coefficient (Wildman–Crippen LogP) is 1.96. The third-order valence-corrected chi connectivity index (χ3v) is 3.10. The van der Waals surface area contributed by atoms with Crippen LogP contribution in [0.2, 0.25) is 0 Å². The van der Waals surface area contributed by atoms with Crippen LogP contribution in [0.5, 0.6) is 0 Å². The van der Waals surface area contributed by atoms with E-state index in [2.05, 4.69) is 10.3 Å². The number of ether oxygens (including phenoxy) is 2. The van der Waals surface area contributed by atoms with Gasteiger partial charge in [0.2, 0.25) is 0 Å². The molecule has 0 aromatic carbocycles. The molecular formula is C12H17F2N3O3. The molecule has 2 heterocycles. The van der Waals surface area contributed by atoms with Crippen LogP contribution in [-0.4, -0.2) is 40.3 Å². The zero-order valence-electron chi connectivity index (χ0n) is 11.2. The Labute approximate surface area is 115 Å². The third-order valence-electron chi connectivity index (χ3n) is 3.10. The van der Waals surface area contributed by atoms with Gasteiger partial charge in [0, 0.05) is 6.61 Å². The number of alkyl halides is 2. The number of carbonyl (C=O) groups is 1. The maximum atomic E-state index is 13.1. The van der Waals surface area contributed by atoms with Crippen molar-refractivity contribution in [1.29, 1.82) is 0 Å². The normalized spacial score (nSPS) is 19.3. The molecule has 0 saturated carbocycles. The van der Waals surface area contributed by atoms with Gasteiger partial charge in [-0.2, -0.15) is 0 Å². The molecule has 0 bridgehead atoms. The molecule has 0 spiro atoms. The molecule has 1 aliphatic heterocycles. The SMILES string of the molecule is CCOC(=O)c1nnn(CC2CCCCO2)c1C(F)F. The molecule has 0 radical (unpaired) electrons. The Kier molecular flexibility index (Phi) is 4.99. The lowest BCUT2D eigenvalue weighted by atomic mass is 10.1. The van der Waals surface area contributed by atoms with Crippen molar-refractivity contribution in [2.24, 2.45) is 0 Å². The summed E-state index contributed by atoms with van der Waals surface area (Å²) in [6.07, 6.45) is -0.249. The topological polar surface area (TPSA) is 66.2 Å². The van der Waals surface area contributed by atoms with E-state index in [1.54, 1.807) is 6.92 Å². The maximum absolute atomic E-state index is 13.1. The van der Waals surface area contributed by atoms with Crippen LogP contribution in [0.1, 0.15) is 48.8 Å². The first-order valence-electron chi connectivity index (χ1n) is 6.63. The predicted molar refractivity (Wildman–Crippen MR) is 64.5 cm³/mol. The second kappa shape index (κ2) is 6.74. The van der Waals surface area contributed by atoms with E-state index in [0.717, 1.165) is 23.9 Å². The fraction of sp³-hybridized carbons (Fsp3) is 0.750. The average molecular weight is 289 g/mol. The number of halogens is 2. The average Bonchev–Trinajstić information content (AvgIpc) is 2.84. The summed E-state index contributed by atoms with van der Waals surface area (Å²) in [6, 6.07) is 0. The van der Waals surface area contributed by atoms with Gasteiger partial charge in [-0.25, -0.2) is 18.3 Å². The number of rotatable bonds is 5. The molecule has 6 nitrogen and oxygen atoms in total. The Hall–Kier alpha value is -1.57. The van der Waals surface area contributed by atoms with Crippen molar-refractivity contribution in [3.63, 3.8) is 0 Å². The minimum atomic E-state index is -2.84. The van der Waals surface area contributed by atoms with E-state index in [9.17, 15) is 13.6 Å². The number of hydrogen-bond donors (Lipinski definition) is 0. The van der Waals surface area contributed by atoms with Gasteiger partial charge in [0.15, 0.2) is 5.69 Å². The molecule has 1 fully saturated rings. The molecule has 20 heavy (non-hydrogen) atoms. The van der Waals surface area contributed by atoms with Crippen LogP contribution in [0.25, 0.3) is 0 Å². The van der Waals surface area contributed by atoms with Gasteiger partial charge in [0.25, 0.3) is 6.43 Å². The first kappa shape index (κ1) is 14.8. The Morgan fingerprint density at radius 1 is 1.55 bits per heavy atom. The van der Waals surface area contributed by atoms with Crippen LogP contribution in [0.3, 0.4) is 0 Å². The van der Waals surface area contributed by atoms with Crippen molar-refractivity contribution in [3.05, 3.63) is 11.4 Å². The van der Waals surface area contributed by atoms with Gasteiger partial charge >= 0.3 is 5.97 Å². The lowest BCUT2D eigenvalue weighted by Gasteiger charge is -2.22. The quantitative estimate of drug-likeness (QED) is 0.775. The van der Waals surface area contributed by atoms with E-state index < -0.39 is 23.8 Å². The second-order valence-corrected chi connectivity index (χ2v) is 4.52. The lowest BCUT2D eigenvalue weighted by molar-refractivity contribution is 0.00131. The molecule has 112 valence electrons. The first-order chi connectivity index (χ1) is 9.63. The van der Waals surface area contributed by atoms with Gasteiger partial charge in [-0.3, -0.25) is 0 Å². The van der Waals surface area contributed by atoms with Crippen LogP contribution in [0, 0.1) is 0 Å². The molecule has 1 aromatic heterocycles. The van der Waals surface area contributed by atoms with Crippen molar-refractivity contribution < 1.29 is 23.0 Å². The molecule has 8 heteroatoms. The van der Waals surface area contributed by atoms with Crippen molar-refractivity contribution in [3.8, 4) is 0 Å². The highest BCUT2D eigenvalue weighted by Crippen LogP contribution is 2.24. The molecule has 0 N–H and O–H groups in total. The van der Waals surface area contributed by atoms with E-state index in [1.807, 2.05) is 0 Å². The Morgan fingerprint density at radius 2 is 2.35 bits per heavy atom. The minimum absolute atomic E-state index is 0.0973. The summed E-state index contributed by atoms with van der Waals surface area (Å²) < 4.78 is 37.5. The van der Waals surface area contributed by atoms with E-state index in [4.69, 9.17) is 9.47 Å². The van der Waals surface area contributed by atoms with E-state index in [-0.39, 0.29) is 19.3 Å². The molecule has 1 atom stereocenters. The van der Waals surface area contributed by atoms with Gasteiger partial charge in [-0.05, 0) is 26.2 Å². The largest absolute Gasteiger partial charge is 0.461 e. The van der Waals surface area contributed by atoms with Crippen LogP contribution in [-0.2, 0) is 16.0 Å². The molecule has 1 aromatic rings. The number of carbonyl (C=O) groups excluding carboxylic acids is 1. The molecule has 1 saturated heterocycles. The van der Waals surface area contributed by atoms with Crippen molar-refractivity contribution in [2.45, 2.75) is 45.3 Å². The monoisotopic (exact) mass is 289 g/mol. The lowest BCUT2D eigenvalue weighted by Crippen LogP contribution is -2.26. The van der Waals surface area contributed by atoms with E-state index in [0.29, 0.717) is 6.61 Å². The molecule has 0 aliphatic carbocycles. The molecule has 2 rings (SSSR count). The van der Waals surface area contributed by atoms with Gasteiger partial charge in [0.1, 0.15) is 5.69 Å². The summed E-state index contributed by atoms with van der Waals surface area (Å²) in [5.41, 5.74) is -0.921. The van der Waals surface area contributed by atoms with Crippen LogP contribution in [0.15, 0.2) is 0 Å². The van der Waals surface area contributed by atoms with Gasteiger partial charge in [0.05, 0.1) is 19.3 Å². The van der Waals surface area contributed by atoms with E-state index in [1.165, 1.54) is 0 Å². The van der Waals surface area contributed by atoms with Gasteiger partial charge in [-0.1, -0.05) is 5.21 Å². The fourth-order valence-electron chi connectivity index (χ4n) is 2.16. The summed E-state index contributed by atoms with van der Waals surface area (Å²) >= 11 is 0. The molecular weight excluding hydrogens is 272 g/mol. The number of esters is 1. The Balaban J connectivity index is 2.17. The Morgan fingerprint density at radius 3 is 2.95 bits per heavy atom. The van der Waals surface area contributed by atoms with Crippen molar-refractivity contribution in [2.75, 3.05) is 13.2 Å². The molecule has 0 amide bonds. The summed E-state index contributed by atoms with van der Waals surface area (Å²) in [7, 11) is 0. The van der Waals surface area contributed by atoms with Crippen molar-refractivity contribution in [1.82, 2.24) is 15.0 Å². The maximum Gasteiger partial charge on any atom is 0.361 e. The summed E-state index contributed by atoms with van der Waals surface area (Å²) in [5, 5.41) is 7.16. The van der Waals surface area contributed by atoms with Crippen molar-refractivity contribution >= 4 is 5.97 Å². The summed E-state index contributed by atoms with van der Waals surface area (Å²) in [5.74, 6) is -0.876. The van der Waals surface area contributed by atoms with E-state index >= 15 is 0 Å². The number of hydrogen-bond acceptors (Lipinski definition) is 5. The van der Waals surface area contributed by atoms with Gasteiger partial charge < -0.3 is 9.47 Å². The molecule has 1 unspecified atom stereocenters. The highest BCUT2D eigenvalue weighted by Gasteiger charge is 2.29. The summed E-state index contributed by atoms with van der Waals surface area (Å²) in [6.45, 7) is 2.49. The van der Waals surface area contributed by atoms with Gasteiger partial charge in [-0.15, -0.1) is 5.10 Å². The molecule has 1 aliphatic rings. The highest BCUT2D eigenvalue weighted by atomic mass is 19.3. The summed E-state index contributed by atoms with van der Waals surface area (Å²) in [4.78, 5) is 11.6. The van der Waals surface area contributed by atoms with Crippen LogP contribution >= 0.6 is 0 Å². The fourth-order valence-corrected chi connectivity index (χ4v) is 2.16. The van der Waals surface area contributed by atoms with Crippen LogP contribution in [0.4, 0.5) is 8.78 Å². The zero-order chi connectivity index (χ0) is 14.5. The Bertz CT molecular complexity index is 459.